The molecule has 2 rings (SSSR count). The standard InChI is InChI=1S/C18H26N4O3S/c1-5-7-8-12-10-20-16-14(17(24)22(4)18(25)21(16)3)15(12)26-11-13(23)19-9-6-2/h10H,5-9,11H2,1-4H3,(H,19,23). The van der Waals surface area contributed by atoms with Crippen LogP contribution in [-0.2, 0) is 25.3 Å². The highest BCUT2D eigenvalue weighted by Gasteiger charge is 2.18. The van der Waals surface area contributed by atoms with E-state index in [2.05, 4.69) is 17.2 Å². The lowest BCUT2D eigenvalue weighted by Crippen LogP contribution is -2.37. The molecule has 2 heterocycles. The van der Waals surface area contributed by atoms with Crippen LogP contribution in [0, 0.1) is 0 Å². The molecule has 0 saturated carbocycles. The Morgan fingerprint density at radius 2 is 1.92 bits per heavy atom. The number of pyridine rings is 1. The third-order valence-corrected chi connectivity index (χ3v) is 5.38. The third-order valence-electron chi connectivity index (χ3n) is 4.21. The Balaban J connectivity index is 2.56. The average molecular weight is 378 g/mol. The smallest absolute Gasteiger partial charge is 0.332 e. The Labute approximate surface area is 156 Å². The molecule has 2 aromatic heterocycles. The van der Waals surface area contributed by atoms with Crippen LogP contribution in [0.4, 0.5) is 0 Å². The molecule has 0 bridgehead atoms. The molecule has 0 saturated heterocycles. The second-order valence-corrected chi connectivity index (χ2v) is 7.24. The molecule has 2 aromatic rings. The van der Waals surface area contributed by atoms with E-state index >= 15 is 0 Å². The van der Waals surface area contributed by atoms with Crippen LogP contribution >= 0.6 is 11.8 Å². The number of nitrogens with zero attached hydrogens (tertiary/aromatic N) is 3. The largest absolute Gasteiger partial charge is 0.355 e. The van der Waals surface area contributed by atoms with E-state index < -0.39 is 5.69 Å². The number of aromatic nitrogens is 3. The van der Waals surface area contributed by atoms with Gasteiger partial charge in [0.2, 0.25) is 5.91 Å². The van der Waals surface area contributed by atoms with Crippen molar-refractivity contribution in [1.29, 1.82) is 0 Å². The minimum absolute atomic E-state index is 0.0649. The van der Waals surface area contributed by atoms with Crippen molar-refractivity contribution in [3.63, 3.8) is 0 Å². The molecule has 142 valence electrons. The van der Waals surface area contributed by atoms with Crippen LogP contribution in [0.1, 0.15) is 38.7 Å². The molecule has 8 heteroatoms. The van der Waals surface area contributed by atoms with E-state index in [1.807, 2.05) is 6.92 Å². The average Bonchev–Trinajstić information content (AvgIpc) is 2.65. The molecule has 0 spiro atoms. The van der Waals surface area contributed by atoms with Crippen LogP contribution in [-0.4, -0.2) is 32.3 Å². The first-order chi connectivity index (χ1) is 12.4. The van der Waals surface area contributed by atoms with Gasteiger partial charge in [0.05, 0.1) is 11.1 Å². The van der Waals surface area contributed by atoms with Gasteiger partial charge in [0, 0.05) is 31.7 Å². The molecular formula is C18H26N4O3S. The van der Waals surface area contributed by atoms with Gasteiger partial charge in [0.15, 0.2) is 0 Å². The molecule has 26 heavy (non-hydrogen) atoms. The lowest BCUT2D eigenvalue weighted by atomic mass is 10.1. The highest BCUT2D eigenvalue weighted by Crippen LogP contribution is 2.29. The van der Waals surface area contributed by atoms with Crippen molar-refractivity contribution in [2.45, 2.75) is 44.4 Å². The van der Waals surface area contributed by atoms with Gasteiger partial charge >= 0.3 is 5.69 Å². The summed E-state index contributed by atoms with van der Waals surface area (Å²) in [5.41, 5.74) is 0.525. The van der Waals surface area contributed by atoms with Crippen molar-refractivity contribution >= 4 is 28.7 Å². The van der Waals surface area contributed by atoms with Crippen LogP contribution in [0.15, 0.2) is 20.7 Å². The zero-order chi connectivity index (χ0) is 19.3. The number of carbonyl (C=O) groups excluding carboxylic acids is 1. The SMILES string of the molecule is CCCCc1cnc2c(c1SCC(=O)NCCC)c(=O)n(C)c(=O)n2C. The topological polar surface area (TPSA) is 86.0 Å². The van der Waals surface area contributed by atoms with Crippen LogP contribution in [0.25, 0.3) is 11.0 Å². The van der Waals surface area contributed by atoms with Gasteiger partial charge in [-0.15, -0.1) is 11.8 Å². The number of hydrogen-bond acceptors (Lipinski definition) is 5. The predicted octanol–water partition coefficient (Wildman–Crippen LogP) is 1.59. The molecule has 0 aliphatic carbocycles. The summed E-state index contributed by atoms with van der Waals surface area (Å²) in [6.45, 7) is 4.73. The molecule has 0 aliphatic heterocycles. The number of nitrogens with one attached hydrogen (secondary N) is 1. The monoisotopic (exact) mass is 378 g/mol. The van der Waals surface area contributed by atoms with E-state index in [4.69, 9.17) is 0 Å². The van der Waals surface area contributed by atoms with Gasteiger partial charge in [0.1, 0.15) is 5.65 Å². The second kappa shape index (κ2) is 9.02. The van der Waals surface area contributed by atoms with Crippen molar-refractivity contribution < 1.29 is 4.79 Å². The lowest BCUT2D eigenvalue weighted by Gasteiger charge is -2.14. The van der Waals surface area contributed by atoms with Gasteiger partial charge in [-0.1, -0.05) is 20.3 Å². The van der Waals surface area contributed by atoms with E-state index in [0.29, 0.717) is 17.6 Å². The Morgan fingerprint density at radius 1 is 1.19 bits per heavy atom. The first-order valence-electron chi connectivity index (χ1n) is 8.89. The van der Waals surface area contributed by atoms with Crippen LogP contribution < -0.4 is 16.6 Å². The van der Waals surface area contributed by atoms with Gasteiger partial charge in [-0.25, -0.2) is 9.78 Å². The van der Waals surface area contributed by atoms with Crippen LogP contribution in [0.5, 0.6) is 0 Å². The molecule has 0 radical (unpaired) electrons. The van der Waals surface area contributed by atoms with E-state index in [-0.39, 0.29) is 17.2 Å². The fraction of sp³-hybridized carbons (Fsp3) is 0.556. The van der Waals surface area contributed by atoms with E-state index in [0.717, 1.165) is 40.7 Å². The number of rotatable bonds is 8. The first-order valence-corrected chi connectivity index (χ1v) is 9.87. The van der Waals surface area contributed by atoms with Crippen molar-refractivity contribution in [2.75, 3.05) is 12.3 Å². The number of thioether (sulfide) groups is 1. The molecule has 0 aliphatic rings. The van der Waals surface area contributed by atoms with E-state index in [1.54, 1.807) is 13.2 Å². The Kier molecular flexibility index (Phi) is 7.02. The number of fused-ring (bicyclic) bond motifs is 1. The maximum absolute atomic E-state index is 12.8. The van der Waals surface area contributed by atoms with Gasteiger partial charge in [-0.2, -0.15) is 0 Å². The molecule has 7 nitrogen and oxygen atoms in total. The third kappa shape index (κ3) is 4.17. The maximum atomic E-state index is 12.8. The summed E-state index contributed by atoms with van der Waals surface area (Å²) >= 11 is 1.34. The summed E-state index contributed by atoms with van der Waals surface area (Å²) in [5, 5.41) is 3.26. The molecule has 1 N–H and O–H groups in total. The normalized spacial score (nSPS) is 11.1. The number of carbonyl (C=O) groups is 1. The van der Waals surface area contributed by atoms with Gasteiger partial charge in [-0.05, 0) is 24.8 Å². The lowest BCUT2D eigenvalue weighted by molar-refractivity contribution is -0.118. The molecule has 0 aromatic carbocycles. The second-order valence-electron chi connectivity index (χ2n) is 6.26. The first kappa shape index (κ1) is 20.2. The van der Waals surface area contributed by atoms with E-state index in [9.17, 15) is 14.4 Å². The zero-order valence-corrected chi connectivity index (χ0v) is 16.6. The number of amides is 1. The van der Waals surface area contributed by atoms with Gasteiger partial charge < -0.3 is 5.32 Å². The fourth-order valence-corrected chi connectivity index (χ4v) is 3.75. The van der Waals surface area contributed by atoms with Gasteiger partial charge in [0.25, 0.3) is 5.56 Å². The summed E-state index contributed by atoms with van der Waals surface area (Å²) in [6, 6.07) is 0. The Morgan fingerprint density at radius 3 is 2.58 bits per heavy atom. The molecule has 0 atom stereocenters. The summed E-state index contributed by atoms with van der Waals surface area (Å²) < 4.78 is 2.47. The molecule has 0 fully saturated rings. The van der Waals surface area contributed by atoms with Crippen molar-refractivity contribution in [3.05, 3.63) is 32.6 Å². The van der Waals surface area contributed by atoms with Crippen molar-refractivity contribution in [2.24, 2.45) is 14.1 Å². The zero-order valence-electron chi connectivity index (χ0n) is 15.8. The van der Waals surface area contributed by atoms with Crippen molar-refractivity contribution in [1.82, 2.24) is 19.4 Å². The predicted molar refractivity (Wildman–Crippen MR) is 105 cm³/mol. The summed E-state index contributed by atoms with van der Waals surface area (Å²) in [7, 11) is 3.07. The molecule has 1 amide bonds. The minimum Gasteiger partial charge on any atom is -0.355 e. The van der Waals surface area contributed by atoms with Gasteiger partial charge in [-0.3, -0.25) is 18.7 Å². The number of aryl methyl sites for hydroxylation is 2. The van der Waals surface area contributed by atoms with Crippen LogP contribution in [0.2, 0.25) is 0 Å². The molecule has 0 unspecified atom stereocenters. The minimum atomic E-state index is -0.409. The summed E-state index contributed by atoms with van der Waals surface area (Å²) in [4.78, 5) is 42.1. The highest BCUT2D eigenvalue weighted by atomic mass is 32.2. The number of hydrogen-bond donors (Lipinski definition) is 1. The Bertz CT molecular complexity index is 917. The van der Waals surface area contributed by atoms with Crippen LogP contribution in [0.3, 0.4) is 0 Å². The Hall–Kier alpha value is -2.09. The molecular weight excluding hydrogens is 352 g/mol. The summed E-state index contributed by atoms with van der Waals surface area (Å²) in [5.74, 6) is 0.162. The highest BCUT2D eigenvalue weighted by molar-refractivity contribution is 8.00. The van der Waals surface area contributed by atoms with E-state index in [1.165, 1.54) is 23.4 Å². The number of unbranched alkanes of at least 4 members (excludes halogenated alkanes) is 1. The quantitative estimate of drug-likeness (QED) is 0.705. The maximum Gasteiger partial charge on any atom is 0.332 e. The summed E-state index contributed by atoms with van der Waals surface area (Å²) in [6.07, 6.45) is 5.37. The van der Waals surface area contributed by atoms with Crippen molar-refractivity contribution in [3.8, 4) is 0 Å². The fourth-order valence-electron chi connectivity index (χ4n) is 2.70.